The van der Waals surface area contributed by atoms with Gasteiger partial charge in [-0.15, -0.1) is 11.6 Å². The van der Waals surface area contributed by atoms with E-state index in [0.29, 0.717) is 0 Å². The van der Waals surface area contributed by atoms with E-state index < -0.39 is 0 Å². The van der Waals surface area contributed by atoms with Gasteiger partial charge in [0.15, 0.2) is 0 Å². The first kappa shape index (κ1) is 9.92. The maximum Gasteiger partial charge on any atom is 0.0696 e. The molecule has 0 unspecified atom stereocenters. The van der Waals surface area contributed by atoms with Crippen molar-refractivity contribution in [2.45, 2.75) is 17.7 Å². The summed E-state index contributed by atoms with van der Waals surface area (Å²) in [4.78, 5) is -0.0464. The highest BCUT2D eigenvalue weighted by molar-refractivity contribution is 6.25. The summed E-state index contributed by atoms with van der Waals surface area (Å²) in [6.07, 6.45) is 2.22. The lowest BCUT2D eigenvalue weighted by Crippen LogP contribution is -1.94. The van der Waals surface area contributed by atoms with Crippen LogP contribution < -0.4 is 0 Å². The number of halogens is 1. The van der Waals surface area contributed by atoms with E-state index in [2.05, 4.69) is 48.5 Å². The van der Waals surface area contributed by atoms with Crippen molar-refractivity contribution >= 4 is 11.6 Å². The second-order valence-electron chi connectivity index (χ2n) is 4.41. The molecule has 0 atom stereocenters. The van der Waals surface area contributed by atoms with Crippen molar-refractivity contribution in [1.82, 2.24) is 0 Å². The van der Waals surface area contributed by atoms with Gasteiger partial charge in [-0.25, -0.2) is 0 Å². The van der Waals surface area contributed by atoms with Crippen LogP contribution in [0.1, 0.15) is 18.4 Å². The van der Waals surface area contributed by atoms with Crippen LogP contribution in [-0.2, 0) is 4.87 Å². The zero-order valence-electron chi connectivity index (χ0n) is 8.99. The van der Waals surface area contributed by atoms with Crippen molar-refractivity contribution in [3.8, 4) is 11.1 Å². The number of alkyl halides is 1. The lowest BCUT2D eigenvalue weighted by atomic mass is 10.0. The number of hydrogen-bond donors (Lipinski definition) is 0. The summed E-state index contributed by atoms with van der Waals surface area (Å²) in [5, 5.41) is 0. The SMILES string of the molecule is ClC1(c2ccc(-c3ccccc3)cc2)CC1. The quantitative estimate of drug-likeness (QED) is 0.660. The molecule has 1 heteroatoms. The second-order valence-corrected chi connectivity index (χ2v) is 5.13. The predicted octanol–water partition coefficient (Wildman–Crippen LogP) is 4.58. The van der Waals surface area contributed by atoms with Gasteiger partial charge in [-0.2, -0.15) is 0 Å². The molecule has 0 bridgehead atoms. The number of rotatable bonds is 2. The van der Waals surface area contributed by atoms with Crippen molar-refractivity contribution in [2.24, 2.45) is 0 Å². The molecular weight excluding hydrogens is 216 g/mol. The lowest BCUT2D eigenvalue weighted by molar-refractivity contribution is 1.02. The molecular formula is C15H13Cl. The first-order valence-corrected chi connectivity index (χ1v) is 6.01. The Morgan fingerprint density at radius 2 is 1.31 bits per heavy atom. The van der Waals surface area contributed by atoms with E-state index in [1.807, 2.05) is 6.07 Å². The summed E-state index contributed by atoms with van der Waals surface area (Å²) in [5.41, 5.74) is 3.77. The Morgan fingerprint density at radius 1 is 0.750 bits per heavy atom. The monoisotopic (exact) mass is 228 g/mol. The van der Waals surface area contributed by atoms with Crippen molar-refractivity contribution < 1.29 is 0 Å². The third kappa shape index (κ3) is 1.74. The third-order valence-corrected chi connectivity index (χ3v) is 3.79. The Bertz CT molecular complexity index is 481. The maximum atomic E-state index is 6.37. The van der Waals surface area contributed by atoms with Crippen LogP contribution in [0.25, 0.3) is 11.1 Å². The topological polar surface area (TPSA) is 0 Å². The summed E-state index contributed by atoms with van der Waals surface area (Å²) in [6, 6.07) is 19.0. The number of benzene rings is 2. The Balaban J connectivity index is 1.94. The third-order valence-electron chi connectivity index (χ3n) is 3.20. The first-order valence-electron chi connectivity index (χ1n) is 5.63. The molecule has 16 heavy (non-hydrogen) atoms. The molecule has 0 radical (unpaired) electrons. The molecule has 0 saturated heterocycles. The van der Waals surface area contributed by atoms with Crippen LogP contribution in [0.3, 0.4) is 0 Å². The van der Waals surface area contributed by atoms with Crippen LogP contribution in [0.15, 0.2) is 54.6 Å². The Labute approximate surface area is 101 Å². The summed E-state index contributed by atoms with van der Waals surface area (Å²) in [7, 11) is 0. The van der Waals surface area contributed by atoms with E-state index in [9.17, 15) is 0 Å². The van der Waals surface area contributed by atoms with Crippen molar-refractivity contribution in [3.05, 3.63) is 60.2 Å². The number of hydrogen-bond acceptors (Lipinski definition) is 0. The van der Waals surface area contributed by atoms with Gasteiger partial charge in [-0.3, -0.25) is 0 Å². The van der Waals surface area contributed by atoms with Gasteiger partial charge in [0, 0.05) is 0 Å². The molecule has 0 aromatic heterocycles. The van der Waals surface area contributed by atoms with Crippen LogP contribution in [0, 0.1) is 0 Å². The largest absolute Gasteiger partial charge is 0.114 e. The fraction of sp³-hybridized carbons (Fsp3) is 0.200. The van der Waals surface area contributed by atoms with E-state index in [1.54, 1.807) is 0 Å². The van der Waals surface area contributed by atoms with Gasteiger partial charge < -0.3 is 0 Å². The minimum absolute atomic E-state index is 0.0464. The van der Waals surface area contributed by atoms with Crippen molar-refractivity contribution in [2.75, 3.05) is 0 Å². The lowest BCUT2D eigenvalue weighted by Gasteiger charge is -2.07. The molecule has 0 nitrogen and oxygen atoms in total. The highest BCUT2D eigenvalue weighted by atomic mass is 35.5. The Morgan fingerprint density at radius 3 is 1.88 bits per heavy atom. The van der Waals surface area contributed by atoms with Gasteiger partial charge in [0.05, 0.1) is 4.87 Å². The zero-order chi connectivity index (χ0) is 11.0. The fourth-order valence-corrected chi connectivity index (χ4v) is 2.21. The molecule has 2 aromatic carbocycles. The minimum Gasteiger partial charge on any atom is -0.114 e. The van der Waals surface area contributed by atoms with Crippen LogP contribution in [-0.4, -0.2) is 0 Å². The average molecular weight is 229 g/mol. The van der Waals surface area contributed by atoms with Crippen LogP contribution >= 0.6 is 11.6 Å². The normalized spacial score (nSPS) is 17.1. The van der Waals surface area contributed by atoms with Gasteiger partial charge in [-0.1, -0.05) is 54.6 Å². The summed E-state index contributed by atoms with van der Waals surface area (Å²) in [5.74, 6) is 0. The molecule has 80 valence electrons. The van der Waals surface area contributed by atoms with Gasteiger partial charge in [-0.05, 0) is 29.5 Å². The highest BCUT2D eigenvalue weighted by Gasteiger charge is 2.41. The van der Waals surface area contributed by atoms with Crippen molar-refractivity contribution in [1.29, 1.82) is 0 Å². The molecule has 0 heterocycles. The van der Waals surface area contributed by atoms with Gasteiger partial charge >= 0.3 is 0 Å². The molecule has 0 amide bonds. The molecule has 0 aliphatic heterocycles. The minimum atomic E-state index is -0.0464. The molecule has 1 aliphatic carbocycles. The summed E-state index contributed by atoms with van der Waals surface area (Å²) < 4.78 is 0. The smallest absolute Gasteiger partial charge is 0.0696 e. The van der Waals surface area contributed by atoms with Gasteiger partial charge in [0.25, 0.3) is 0 Å². The standard InChI is InChI=1S/C15H13Cl/c16-15(10-11-15)14-8-6-13(7-9-14)12-4-2-1-3-5-12/h1-9H,10-11H2. The fourth-order valence-electron chi connectivity index (χ4n) is 1.99. The van der Waals surface area contributed by atoms with Crippen LogP contribution in [0.5, 0.6) is 0 Å². The van der Waals surface area contributed by atoms with Gasteiger partial charge in [0.1, 0.15) is 0 Å². The van der Waals surface area contributed by atoms with E-state index in [1.165, 1.54) is 16.7 Å². The highest BCUT2D eigenvalue weighted by Crippen LogP contribution is 2.52. The predicted molar refractivity (Wildman–Crippen MR) is 68.6 cm³/mol. The van der Waals surface area contributed by atoms with E-state index in [4.69, 9.17) is 11.6 Å². The van der Waals surface area contributed by atoms with E-state index in [0.717, 1.165) is 12.8 Å². The Hall–Kier alpha value is -1.27. The maximum absolute atomic E-state index is 6.37. The molecule has 3 rings (SSSR count). The van der Waals surface area contributed by atoms with Crippen molar-refractivity contribution in [3.63, 3.8) is 0 Å². The Kier molecular flexibility index (Phi) is 2.26. The van der Waals surface area contributed by atoms with E-state index >= 15 is 0 Å². The molecule has 0 N–H and O–H groups in total. The van der Waals surface area contributed by atoms with Gasteiger partial charge in [0.2, 0.25) is 0 Å². The molecule has 1 aliphatic rings. The van der Waals surface area contributed by atoms with Crippen LogP contribution in [0.2, 0.25) is 0 Å². The molecule has 2 aromatic rings. The molecule has 1 saturated carbocycles. The molecule has 1 fully saturated rings. The summed E-state index contributed by atoms with van der Waals surface area (Å²) in [6.45, 7) is 0. The average Bonchev–Trinajstić information content (AvgIpc) is 3.10. The van der Waals surface area contributed by atoms with E-state index in [-0.39, 0.29) is 4.87 Å². The van der Waals surface area contributed by atoms with Crippen LogP contribution in [0.4, 0.5) is 0 Å². The molecule has 0 spiro atoms. The summed E-state index contributed by atoms with van der Waals surface area (Å²) >= 11 is 6.37. The first-order chi connectivity index (χ1) is 7.78. The zero-order valence-corrected chi connectivity index (χ0v) is 9.74. The second kappa shape index (κ2) is 3.64.